The minimum Gasteiger partial charge on any atom is -0.486 e. The minimum atomic E-state index is -0.367. The number of rotatable bonds is 2. The van der Waals surface area contributed by atoms with Crippen LogP contribution in [0.5, 0.6) is 5.75 Å². The van der Waals surface area contributed by atoms with Crippen molar-refractivity contribution < 1.29 is 9.84 Å². The lowest BCUT2D eigenvalue weighted by atomic mass is 9.95. The molecule has 0 spiro atoms. The molecule has 0 aliphatic heterocycles. The fourth-order valence-electron chi connectivity index (χ4n) is 1.95. The van der Waals surface area contributed by atoms with E-state index in [0.29, 0.717) is 10.8 Å². The van der Waals surface area contributed by atoms with E-state index < -0.39 is 0 Å². The van der Waals surface area contributed by atoms with Crippen molar-refractivity contribution in [3.63, 3.8) is 0 Å². The molecule has 88 valence electrons. The molecule has 1 N–H and O–H groups in total. The standard InChI is InChI=1S/C12H14BrClO2/c13-8-5-6-11(9(14)7-8)16-12-4-2-1-3-10(12)15/h5-7,10,12,15H,1-4H2/t10-,12-/m0/s1. The van der Waals surface area contributed by atoms with Gasteiger partial charge in [-0.15, -0.1) is 0 Å². The molecule has 16 heavy (non-hydrogen) atoms. The molecule has 1 aromatic carbocycles. The van der Waals surface area contributed by atoms with Crippen LogP contribution in [0, 0.1) is 0 Å². The van der Waals surface area contributed by atoms with E-state index in [2.05, 4.69) is 15.9 Å². The number of benzene rings is 1. The van der Waals surface area contributed by atoms with Gasteiger partial charge in [-0.05, 0) is 37.5 Å². The fourth-order valence-corrected chi connectivity index (χ4v) is 2.67. The summed E-state index contributed by atoms with van der Waals surface area (Å²) in [5.41, 5.74) is 0. The fraction of sp³-hybridized carbons (Fsp3) is 0.500. The van der Waals surface area contributed by atoms with Crippen LogP contribution in [0.3, 0.4) is 0 Å². The van der Waals surface area contributed by atoms with Crippen molar-refractivity contribution in [3.8, 4) is 5.75 Å². The molecule has 2 nitrogen and oxygen atoms in total. The van der Waals surface area contributed by atoms with Crippen LogP contribution in [0.2, 0.25) is 5.02 Å². The van der Waals surface area contributed by atoms with E-state index in [1.165, 1.54) is 0 Å². The van der Waals surface area contributed by atoms with Crippen molar-refractivity contribution in [1.82, 2.24) is 0 Å². The van der Waals surface area contributed by atoms with Crippen LogP contribution in [0.25, 0.3) is 0 Å². The predicted molar refractivity (Wildman–Crippen MR) is 68.0 cm³/mol. The molecule has 0 aromatic heterocycles. The molecule has 0 unspecified atom stereocenters. The lowest BCUT2D eigenvalue weighted by molar-refractivity contribution is 0.00692. The zero-order valence-corrected chi connectivity index (χ0v) is 11.2. The van der Waals surface area contributed by atoms with Crippen molar-refractivity contribution in [1.29, 1.82) is 0 Å². The third-order valence-corrected chi connectivity index (χ3v) is 3.63. The zero-order valence-electron chi connectivity index (χ0n) is 8.83. The van der Waals surface area contributed by atoms with Gasteiger partial charge in [0, 0.05) is 4.47 Å². The van der Waals surface area contributed by atoms with E-state index in [4.69, 9.17) is 16.3 Å². The Hall–Kier alpha value is -0.250. The largest absolute Gasteiger partial charge is 0.486 e. The Bertz CT molecular complexity index is 370. The van der Waals surface area contributed by atoms with Crippen LogP contribution >= 0.6 is 27.5 Å². The molecule has 0 saturated heterocycles. The average molecular weight is 306 g/mol. The van der Waals surface area contributed by atoms with Crippen LogP contribution in [0.4, 0.5) is 0 Å². The summed E-state index contributed by atoms with van der Waals surface area (Å²) in [4.78, 5) is 0. The Balaban J connectivity index is 2.07. The molecule has 0 radical (unpaired) electrons. The maximum absolute atomic E-state index is 9.80. The first kappa shape index (κ1) is 12.2. The highest BCUT2D eigenvalue weighted by molar-refractivity contribution is 9.10. The molecule has 1 aliphatic carbocycles. The van der Waals surface area contributed by atoms with Gasteiger partial charge in [-0.25, -0.2) is 0 Å². The number of aliphatic hydroxyl groups is 1. The molecular weight excluding hydrogens is 291 g/mol. The summed E-state index contributed by atoms with van der Waals surface area (Å²) < 4.78 is 6.68. The average Bonchev–Trinajstić information content (AvgIpc) is 2.25. The Morgan fingerprint density at radius 3 is 2.75 bits per heavy atom. The number of ether oxygens (including phenoxy) is 1. The molecule has 0 amide bonds. The first-order chi connectivity index (χ1) is 7.66. The lowest BCUT2D eigenvalue weighted by Crippen LogP contribution is -2.34. The monoisotopic (exact) mass is 304 g/mol. The van der Waals surface area contributed by atoms with Gasteiger partial charge < -0.3 is 9.84 Å². The Kier molecular flexibility index (Phi) is 4.11. The van der Waals surface area contributed by atoms with E-state index >= 15 is 0 Å². The second-order valence-corrected chi connectivity index (χ2v) is 5.41. The Morgan fingerprint density at radius 1 is 1.31 bits per heavy atom. The van der Waals surface area contributed by atoms with E-state index in [9.17, 15) is 5.11 Å². The van der Waals surface area contributed by atoms with Crippen LogP contribution < -0.4 is 4.74 Å². The number of hydrogen-bond donors (Lipinski definition) is 1. The maximum Gasteiger partial charge on any atom is 0.138 e. The molecule has 1 aliphatic rings. The van der Waals surface area contributed by atoms with Crippen molar-refractivity contribution >= 4 is 27.5 Å². The van der Waals surface area contributed by atoms with Gasteiger partial charge in [0.2, 0.25) is 0 Å². The quantitative estimate of drug-likeness (QED) is 0.901. The van der Waals surface area contributed by atoms with Gasteiger partial charge in [-0.1, -0.05) is 34.0 Å². The number of aliphatic hydroxyl groups excluding tert-OH is 1. The van der Waals surface area contributed by atoms with Crippen molar-refractivity contribution in [3.05, 3.63) is 27.7 Å². The number of halogens is 2. The van der Waals surface area contributed by atoms with Gasteiger partial charge in [0.25, 0.3) is 0 Å². The summed E-state index contributed by atoms with van der Waals surface area (Å²) in [6.45, 7) is 0. The third kappa shape index (κ3) is 2.90. The van der Waals surface area contributed by atoms with Gasteiger partial charge in [0.05, 0.1) is 11.1 Å². The van der Waals surface area contributed by atoms with E-state index in [-0.39, 0.29) is 12.2 Å². The second kappa shape index (κ2) is 5.39. The summed E-state index contributed by atoms with van der Waals surface area (Å²) in [7, 11) is 0. The third-order valence-electron chi connectivity index (χ3n) is 2.84. The van der Waals surface area contributed by atoms with Gasteiger partial charge in [0.15, 0.2) is 0 Å². The van der Waals surface area contributed by atoms with Crippen LogP contribution in [0.15, 0.2) is 22.7 Å². The minimum absolute atomic E-state index is 0.118. The van der Waals surface area contributed by atoms with Gasteiger partial charge in [-0.2, -0.15) is 0 Å². The van der Waals surface area contributed by atoms with E-state index in [1.807, 2.05) is 12.1 Å². The van der Waals surface area contributed by atoms with Crippen LogP contribution in [0.1, 0.15) is 25.7 Å². The highest BCUT2D eigenvalue weighted by Crippen LogP contribution is 2.31. The summed E-state index contributed by atoms with van der Waals surface area (Å²) >= 11 is 9.40. The molecule has 2 atom stereocenters. The van der Waals surface area contributed by atoms with Gasteiger partial charge in [0.1, 0.15) is 11.9 Å². The van der Waals surface area contributed by atoms with E-state index in [1.54, 1.807) is 6.07 Å². The molecule has 2 rings (SSSR count). The Morgan fingerprint density at radius 2 is 2.06 bits per heavy atom. The normalized spacial score (nSPS) is 25.4. The number of hydrogen-bond acceptors (Lipinski definition) is 2. The van der Waals surface area contributed by atoms with Crippen molar-refractivity contribution in [2.24, 2.45) is 0 Å². The molecular formula is C12H14BrClO2. The van der Waals surface area contributed by atoms with Crippen molar-refractivity contribution in [2.45, 2.75) is 37.9 Å². The first-order valence-electron chi connectivity index (χ1n) is 5.46. The molecule has 1 saturated carbocycles. The van der Waals surface area contributed by atoms with Crippen molar-refractivity contribution in [2.75, 3.05) is 0 Å². The Labute approximate surface area is 109 Å². The van der Waals surface area contributed by atoms with Crippen LogP contribution in [-0.2, 0) is 0 Å². The molecule has 4 heteroatoms. The summed E-state index contributed by atoms with van der Waals surface area (Å²) in [5, 5.41) is 10.4. The highest BCUT2D eigenvalue weighted by atomic mass is 79.9. The summed E-state index contributed by atoms with van der Waals surface area (Å²) in [6, 6.07) is 5.51. The predicted octanol–water partition coefficient (Wildman–Crippen LogP) is 3.78. The molecule has 0 heterocycles. The molecule has 0 bridgehead atoms. The molecule has 1 aromatic rings. The molecule has 1 fully saturated rings. The smallest absolute Gasteiger partial charge is 0.138 e. The van der Waals surface area contributed by atoms with Gasteiger partial charge in [-0.3, -0.25) is 0 Å². The summed E-state index contributed by atoms with van der Waals surface area (Å²) in [6.07, 6.45) is 3.41. The lowest BCUT2D eigenvalue weighted by Gasteiger charge is -2.28. The topological polar surface area (TPSA) is 29.5 Å². The first-order valence-corrected chi connectivity index (χ1v) is 6.63. The zero-order chi connectivity index (χ0) is 11.5. The SMILES string of the molecule is O[C@H]1CCCC[C@@H]1Oc1ccc(Br)cc1Cl. The van der Waals surface area contributed by atoms with Crippen LogP contribution in [-0.4, -0.2) is 17.3 Å². The second-order valence-electron chi connectivity index (χ2n) is 4.08. The maximum atomic E-state index is 9.80. The highest BCUT2D eigenvalue weighted by Gasteiger charge is 2.25. The van der Waals surface area contributed by atoms with E-state index in [0.717, 1.165) is 30.2 Å². The summed E-state index contributed by atoms with van der Waals surface area (Å²) in [5.74, 6) is 0.649. The van der Waals surface area contributed by atoms with Gasteiger partial charge >= 0.3 is 0 Å².